The van der Waals surface area contributed by atoms with Gasteiger partial charge in [-0.3, -0.25) is 4.98 Å². The van der Waals surface area contributed by atoms with E-state index < -0.39 is 0 Å². The molecular weight excluding hydrogens is 319 g/mol. The number of nitrogens with zero attached hydrogens (tertiary/aromatic N) is 1. The van der Waals surface area contributed by atoms with E-state index in [-0.39, 0.29) is 5.82 Å². The first kappa shape index (κ1) is 15.1. The highest BCUT2D eigenvalue weighted by Crippen LogP contribution is 2.13. The number of hydrogen-bond acceptors (Lipinski definition) is 2. The quantitative estimate of drug-likeness (QED) is 0.868. The Morgan fingerprint density at radius 2 is 1.85 bits per heavy atom. The molecule has 0 radical (unpaired) electrons. The van der Waals surface area contributed by atoms with Crippen molar-refractivity contribution in [3.05, 3.63) is 64.1 Å². The summed E-state index contributed by atoms with van der Waals surface area (Å²) in [6, 6.07) is 9.12. The summed E-state index contributed by atoms with van der Waals surface area (Å²) in [6.45, 7) is 3.00. The Kier molecular flexibility index (Phi) is 5.68. The molecule has 1 atom stereocenters. The molecule has 1 aromatic heterocycles. The molecule has 1 unspecified atom stereocenters. The number of benzene rings is 1. The number of nitrogens with one attached hydrogen (secondary N) is 1. The van der Waals surface area contributed by atoms with Crippen LogP contribution in [0, 0.1) is 5.82 Å². The Balaban J connectivity index is 2.05. The molecule has 0 spiro atoms. The molecule has 0 saturated carbocycles. The lowest BCUT2D eigenvalue weighted by Crippen LogP contribution is -2.33. The van der Waals surface area contributed by atoms with Gasteiger partial charge in [0.1, 0.15) is 5.82 Å². The Bertz CT molecular complexity index is 542. The van der Waals surface area contributed by atoms with Crippen LogP contribution in [-0.4, -0.2) is 17.6 Å². The van der Waals surface area contributed by atoms with Crippen molar-refractivity contribution < 1.29 is 4.39 Å². The highest BCUT2D eigenvalue weighted by molar-refractivity contribution is 9.10. The topological polar surface area (TPSA) is 24.9 Å². The van der Waals surface area contributed by atoms with Crippen LogP contribution < -0.4 is 5.32 Å². The van der Waals surface area contributed by atoms with E-state index in [0.717, 1.165) is 29.4 Å². The molecule has 2 aromatic rings. The molecule has 0 aliphatic carbocycles. The van der Waals surface area contributed by atoms with Crippen molar-refractivity contribution >= 4 is 15.9 Å². The van der Waals surface area contributed by atoms with Crippen molar-refractivity contribution in [2.24, 2.45) is 0 Å². The minimum atomic E-state index is -0.190. The molecule has 2 rings (SSSR count). The maximum atomic E-state index is 12.9. The fourth-order valence-electron chi connectivity index (χ4n) is 2.26. The third-order valence-electron chi connectivity index (χ3n) is 3.13. The highest BCUT2D eigenvalue weighted by atomic mass is 79.9. The monoisotopic (exact) mass is 336 g/mol. The fraction of sp³-hybridized carbons (Fsp3) is 0.312. The van der Waals surface area contributed by atoms with Gasteiger partial charge in [-0.05, 0) is 64.6 Å². The summed E-state index contributed by atoms with van der Waals surface area (Å²) >= 11 is 3.44. The molecule has 1 aromatic carbocycles. The number of rotatable bonds is 6. The predicted octanol–water partition coefficient (Wildman–Crippen LogP) is 3.75. The van der Waals surface area contributed by atoms with Crippen molar-refractivity contribution in [1.82, 2.24) is 10.3 Å². The SMILES string of the molecule is CCNC(Cc1ccc(F)cc1)Cc1cncc(Br)c1. The predicted molar refractivity (Wildman–Crippen MR) is 83.2 cm³/mol. The average Bonchev–Trinajstić information content (AvgIpc) is 2.42. The summed E-state index contributed by atoms with van der Waals surface area (Å²) in [4.78, 5) is 4.19. The van der Waals surface area contributed by atoms with E-state index in [4.69, 9.17) is 0 Å². The van der Waals surface area contributed by atoms with Crippen LogP contribution in [0.15, 0.2) is 47.2 Å². The van der Waals surface area contributed by atoms with E-state index in [1.165, 1.54) is 17.7 Å². The Morgan fingerprint density at radius 3 is 2.50 bits per heavy atom. The van der Waals surface area contributed by atoms with E-state index in [2.05, 4.69) is 39.2 Å². The van der Waals surface area contributed by atoms with Gasteiger partial charge in [-0.15, -0.1) is 0 Å². The van der Waals surface area contributed by atoms with E-state index in [9.17, 15) is 4.39 Å². The lowest BCUT2D eigenvalue weighted by Gasteiger charge is -2.18. The molecule has 1 N–H and O–H groups in total. The van der Waals surface area contributed by atoms with E-state index in [1.807, 2.05) is 18.3 Å². The summed E-state index contributed by atoms with van der Waals surface area (Å²) in [5.41, 5.74) is 2.33. The molecule has 2 nitrogen and oxygen atoms in total. The summed E-state index contributed by atoms with van der Waals surface area (Å²) in [6.07, 6.45) is 5.45. The summed E-state index contributed by atoms with van der Waals surface area (Å²) in [5, 5.41) is 3.48. The number of halogens is 2. The molecule has 4 heteroatoms. The molecule has 0 aliphatic heterocycles. The van der Waals surface area contributed by atoms with Crippen molar-refractivity contribution in [3.8, 4) is 0 Å². The van der Waals surface area contributed by atoms with Gasteiger partial charge in [-0.2, -0.15) is 0 Å². The average molecular weight is 337 g/mol. The van der Waals surface area contributed by atoms with Crippen molar-refractivity contribution in [2.75, 3.05) is 6.54 Å². The molecular formula is C16H18BrFN2. The lowest BCUT2D eigenvalue weighted by molar-refractivity contribution is 0.520. The molecule has 0 fully saturated rings. The van der Waals surface area contributed by atoms with Gasteiger partial charge in [0.15, 0.2) is 0 Å². The van der Waals surface area contributed by atoms with Gasteiger partial charge in [-0.1, -0.05) is 19.1 Å². The molecule has 106 valence electrons. The Labute approximate surface area is 127 Å². The first-order valence-corrected chi connectivity index (χ1v) is 7.54. The minimum absolute atomic E-state index is 0.190. The maximum Gasteiger partial charge on any atom is 0.123 e. The van der Waals surface area contributed by atoms with Crippen LogP contribution in [0.3, 0.4) is 0 Å². The van der Waals surface area contributed by atoms with Crippen LogP contribution in [0.4, 0.5) is 4.39 Å². The van der Waals surface area contributed by atoms with Crippen LogP contribution in [0.5, 0.6) is 0 Å². The van der Waals surface area contributed by atoms with Gasteiger partial charge < -0.3 is 5.32 Å². The van der Waals surface area contributed by atoms with Gasteiger partial charge in [-0.25, -0.2) is 4.39 Å². The van der Waals surface area contributed by atoms with Gasteiger partial charge in [0.2, 0.25) is 0 Å². The summed E-state index contributed by atoms with van der Waals surface area (Å²) in [7, 11) is 0. The van der Waals surface area contributed by atoms with Crippen molar-refractivity contribution in [2.45, 2.75) is 25.8 Å². The molecule has 0 aliphatic rings. The Hall–Kier alpha value is -1.26. The number of hydrogen-bond donors (Lipinski definition) is 1. The van der Waals surface area contributed by atoms with Gasteiger partial charge in [0.05, 0.1) is 0 Å². The van der Waals surface area contributed by atoms with Crippen LogP contribution in [0.25, 0.3) is 0 Å². The lowest BCUT2D eigenvalue weighted by atomic mass is 10.00. The van der Waals surface area contributed by atoms with E-state index >= 15 is 0 Å². The molecule has 20 heavy (non-hydrogen) atoms. The van der Waals surface area contributed by atoms with E-state index in [0.29, 0.717) is 6.04 Å². The number of pyridine rings is 1. The second kappa shape index (κ2) is 7.50. The smallest absolute Gasteiger partial charge is 0.123 e. The van der Waals surface area contributed by atoms with E-state index in [1.54, 1.807) is 6.20 Å². The van der Waals surface area contributed by atoms with Crippen LogP contribution in [0.2, 0.25) is 0 Å². The third kappa shape index (κ3) is 4.69. The molecule has 0 amide bonds. The van der Waals surface area contributed by atoms with Gasteiger partial charge in [0.25, 0.3) is 0 Å². The van der Waals surface area contributed by atoms with Crippen LogP contribution in [0.1, 0.15) is 18.1 Å². The second-order valence-corrected chi connectivity index (χ2v) is 5.72. The van der Waals surface area contributed by atoms with Gasteiger partial charge >= 0.3 is 0 Å². The molecule has 0 bridgehead atoms. The zero-order valence-corrected chi connectivity index (χ0v) is 13.0. The summed E-state index contributed by atoms with van der Waals surface area (Å²) in [5.74, 6) is -0.190. The standard InChI is InChI=1S/C16H18BrFN2/c1-2-20-16(8-12-3-5-15(18)6-4-12)9-13-7-14(17)11-19-10-13/h3-7,10-11,16,20H,2,8-9H2,1H3. The van der Waals surface area contributed by atoms with Crippen molar-refractivity contribution in [3.63, 3.8) is 0 Å². The molecule has 1 heterocycles. The Morgan fingerprint density at radius 1 is 1.15 bits per heavy atom. The second-order valence-electron chi connectivity index (χ2n) is 4.80. The summed E-state index contributed by atoms with van der Waals surface area (Å²) < 4.78 is 13.9. The van der Waals surface area contributed by atoms with Crippen LogP contribution in [-0.2, 0) is 12.8 Å². The first-order valence-electron chi connectivity index (χ1n) is 6.74. The molecule has 0 saturated heterocycles. The maximum absolute atomic E-state index is 12.9. The zero-order chi connectivity index (χ0) is 14.4. The normalized spacial score (nSPS) is 12.3. The zero-order valence-electron chi connectivity index (χ0n) is 11.4. The first-order chi connectivity index (χ1) is 9.67. The minimum Gasteiger partial charge on any atom is -0.314 e. The third-order valence-corrected chi connectivity index (χ3v) is 3.57. The largest absolute Gasteiger partial charge is 0.314 e. The van der Waals surface area contributed by atoms with Gasteiger partial charge in [0, 0.05) is 22.9 Å². The van der Waals surface area contributed by atoms with Crippen LogP contribution >= 0.6 is 15.9 Å². The highest BCUT2D eigenvalue weighted by Gasteiger charge is 2.10. The van der Waals surface area contributed by atoms with Crippen molar-refractivity contribution in [1.29, 1.82) is 0 Å². The number of aromatic nitrogens is 1. The number of likely N-dealkylation sites (N-methyl/N-ethyl adjacent to an activating group) is 1. The fourth-order valence-corrected chi connectivity index (χ4v) is 2.67.